The fraction of sp³-hybridized carbons (Fsp3) is 0.647. The molecule has 0 aliphatic heterocycles. The molecule has 1 fully saturated rings. The molecule has 1 saturated carbocycles. The molecule has 2 nitrogen and oxygen atoms in total. The maximum Gasteiger partial charge on any atom is 0.119 e. The molecule has 0 aromatic heterocycles. The molecule has 2 heteroatoms. The first-order chi connectivity index (χ1) is 8.85. The monoisotopic (exact) mass is 261 g/mol. The van der Waals surface area contributed by atoms with Crippen molar-refractivity contribution < 1.29 is 4.74 Å². The molecule has 19 heavy (non-hydrogen) atoms. The van der Waals surface area contributed by atoms with Gasteiger partial charge in [0.1, 0.15) is 5.75 Å². The second kappa shape index (κ2) is 5.16. The zero-order chi connectivity index (χ0) is 14.1. The largest absolute Gasteiger partial charge is 0.497 e. The van der Waals surface area contributed by atoms with Crippen LogP contribution >= 0.6 is 0 Å². The molecule has 1 aliphatic rings. The predicted octanol–water partition coefficient (Wildman–Crippen LogP) is 4.09. The van der Waals surface area contributed by atoms with Crippen LogP contribution in [0.2, 0.25) is 0 Å². The Morgan fingerprint density at radius 1 is 1.21 bits per heavy atom. The molecule has 0 unspecified atom stereocenters. The Labute approximate surface area is 117 Å². The minimum absolute atomic E-state index is 0.170. The third-order valence-corrected chi connectivity index (χ3v) is 4.75. The van der Waals surface area contributed by atoms with E-state index in [-0.39, 0.29) is 5.54 Å². The van der Waals surface area contributed by atoms with Crippen LogP contribution in [0.5, 0.6) is 5.75 Å². The maximum absolute atomic E-state index is 6.65. The highest BCUT2D eigenvalue weighted by atomic mass is 16.5. The molecule has 0 radical (unpaired) electrons. The Bertz CT molecular complexity index is 425. The lowest BCUT2D eigenvalue weighted by molar-refractivity contribution is 0.134. The Morgan fingerprint density at radius 2 is 1.84 bits per heavy atom. The van der Waals surface area contributed by atoms with Crippen LogP contribution < -0.4 is 10.5 Å². The van der Waals surface area contributed by atoms with Crippen molar-refractivity contribution in [2.45, 2.75) is 52.0 Å². The van der Waals surface area contributed by atoms with Gasteiger partial charge >= 0.3 is 0 Å². The molecule has 0 heterocycles. The Hall–Kier alpha value is -1.02. The van der Waals surface area contributed by atoms with Gasteiger partial charge in [-0.15, -0.1) is 0 Å². The molecule has 0 saturated heterocycles. The van der Waals surface area contributed by atoms with Gasteiger partial charge in [0.15, 0.2) is 0 Å². The highest BCUT2D eigenvalue weighted by molar-refractivity contribution is 5.33. The van der Waals surface area contributed by atoms with E-state index in [1.54, 1.807) is 7.11 Å². The quantitative estimate of drug-likeness (QED) is 0.870. The van der Waals surface area contributed by atoms with Crippen molar-refractivity contribution in [1.82, 2.24) is 0 Å². The van der Waals surface area contributed by atoms with Gasteiger partial charge in [-0.2, -0.15) is 0 Å². The second-order valence-corrected chi connectivity index (χ2v) is 7.03. The summed E-state index contributed by atoms with van der Waals surface area (Å²) in [6.07, 6.45) is 4.58. The van der Waals surface area contributed by atoms with E-state index >= 15 is 0 Å². The normalized spacial score (nSPS) is 28.2. The average Bonchev–Trinajstić information content (AvgIpc) is 2.38. The molecule has 2 rings (SSSR count). The minimum Gasteiger partial charge on any atom is -0.497 e. The first-order valence-electron chi connectivity index (χ1n) is 7.28. The number of ether oxygens (including phenoxy) is 1. The van der Waals surface area contributed by atoms with E-state index in [4.69, 9.17) is 10.5 Å². The Balaban J connectivity index is 2.13. The smallest absolute Gasteiger partial charge is 0.119 e. The Kier molecular flexibility index (Phi) is 3.91. The van der Waals surface area contributed by atoms with Crippen molar-refractivity contribution in [1.29, 1.82) is 0 Å². The number of nitrogens with two attached hydrogens (primary N) is 1. The topological polar surface area (TPSA) is 35.2 Å². The van der Waals surface area contributed by atoms with Crippen LogP contribution in [-0.2, 0) is 5.54 Å². The summed E-state index contributed by atoms with van der Waals surface area (Å²) in [5, 5.41) is 0. The fourth-order valence-corrected chi connectivity index (χ4v) is 3.22. The summed E-state index contributed by atoms with van der Waals surface area (Å²) in [6, 6.07) is 8.25. The summed E-state index contributed by atoms with van der Waals surface area (Å²) in [6.45, 7) is 7.02. The van der Waals surface area contributed by atoms with Gasteiger partial charge < -0.3 is 10.5 Å². The highest BCUT2D eigenvalue weighted by Gasteiger charge is 2.37. The molecule has 0 atom stereocenters. The van der Waals surface area contributed by atoms with Crippen LogP contribution in [0.25, 0.3) is 0 Å². The van der Waals surface area contributed by atoms with Gasteiger partial charge in [-0.3, -0.25) is 0 Å². The van der Waals surface area contributed by atoms with Gasteiger partial charge in [-0.1, -0.05) is 32.9 Å². The van der Waals surface area contributed by atoms with Crippen LogP contribution in [0.1, 0.15) is 52.0 Å². The second-order valence-electron chi connectivity index (χ2n) is 7.03. The number of hydrogen-bond donors (Lipinski definition) is 1. The van der Waals surface area contributed by atoms with Crippen LogP contribution in [-0.4, -0.2) is 7.11 Å². The number of methoxy groups -OCH3 is 1. The zero-order valence-electron chi connectivity index (χ0n) is 12.7. The van der Waals surface area contributed by atoms with Crippen LogP contribution in [0.3, 0.4) is 0 Å². The summed E-state index contributed by atoms with van der Waals surface area (Å²) in [4.78, 5) is 0. The van der Waals surface area contributed by atoms with E-state index in [1.807, 2.05) is 12.1 Å². The maximum atomic E-state index is 6.65. The van der Waals surface area contributed by atoms with Gasteiger partial charge in [0.05, 0.1) is 7.11 Å². The van der Waals surface area contributed by atoms with Gasteiger partial charge in [0.25, 0.3) is 0 Å². The highest BCUT2D eigenvalue weighted by Crippen LogP contribution is 2.44. The molecule has 0 bridgehead atoms. The standard InChI is InChI=1S/C17H27NO/c1-16(2,3)13-8-10-17(18,11-9-13)14-6-5-7-15(12-14)19-4/h5-7,12-13H,8-11,18H2,1-4H3. The summed E-state index contributed by atoms with van der Waals surface area (Å²) in [5.41, 5.74) is 8.10. The summed E-state index contributed by atoms with van der Waals surface area (Å²) in [7, 11) is 1.71. The number of rotatable bonds is 2. The SMILES string of the molecule is COc1cccc(C2(N)CCC(C(C)(C)C)CC2)c1. The molecule has 0 spiro atoms. The minimum atomic E-state index is -0.170. The summed E-state index contributed by atoms with van der Waals surface area (Å²) >= 11 is 0. The van der Waals surface area contributed by atoms with Crippen molar-refractivity contribution in [3.8, 4) is 5.75 Å². The van der Waals surface area contributed by atoms with E-state index in [0.717, 1.165) is 24.5 Å². The van der Waals surface area contributed by atoms with Crippen molar-refractivity contribution >= 4 is 0 Å². The lowest BCUT2D eigenvalue weighted by Gasteiger charge is -2.42. The average molecular weight is 261 g/mol. The summed E-state index contributed by atoms with van der Waals surface area (Å²) in [5.74, 6) is 1.69. The van der Waals surface area contributed by atoms with Gasteiger partial charge in [-0.25, -0.2) is 0 Å². The predicted molar refractivity (Wildman–Crippen MR) is 80.3 cm³/mol. The van der Waals surface area contributed by atoms with Gasteiger partial charge in [0.2, 0.25) is 0 Å². The van der Waals surface area contributed by atoms with Gasteiger partial charge in [-0.05, 0) is 54.7 Å². The van der Waals surface area contributed by atoms with E-state index in [0.29, 0.717) is 5.41 Å². The molecular weight excluding hydrogens is 234 g/mol. The van der Waals surface area contributed by atoms with Crippen molar-refractivity contribution in [3.05, 3.63) is 29.8 Å². The zero-order valence-corrected chi connectivity index (χ0v) is 12.7. The number of hydrogen-bond acceptors (Lipinski definition) is 2. The lowest BCUT2D eigenvalue weighted by atomic mass is 9.66. The molecule has 2 N–H and O–H groups in total. The van der Waals surface area contributed by atoms with Crippen molar-refractivity contribution in [2.24, 2.45) is 17.1 Å². The third-order valence-electron chi connectivity index (χ3n) is 4.75. The molecule has 1 aromatic carbocycles. The van der Waals surface area contributed by atoms with Crippen molar-refractivity contribution in [3.63, 3.8) is 0 Å². The molecule has 1 aromatic rings. The van der Waals surface area contributed by atoms with E-state index in [9.17, 15) is 0 Å². The van der Waals surface area contributed by atoms with Crippen molar-refractivity contribution in [2.75, 3.05) is 7.11 Å². The van der Waals surface area contributed by atoms with Crippen LogP contribution in [0.15, 0.2) is 24.3 Å². The van der Waals surface area contributed by atoms with Crippen LogP contribution in [0.4, 0.5) is 0 Å². The van der Waals surface area contributed by atoms with E-state index < -0.39 is 0 Å². The van der Waals surface area contributed by atoms with E-state index in [1.165, 1.54) is 18.4 Å². The first kappa shape index (κ1) is 14.4. The molecule has 106 valence electrons. The number of benzene rings is 1. The third kappa shape index (κ3) is 3.11. The van der Waals surface area contributed by atoms with Gasteiger partial charge in [0, 0.05) is 5.54 Å². The molecule has 1 aliphatic carbocycles. The lowest BCUT2D eigenvalue weighted by Crippen LogP contribution is -2.42. The molecular formula is C17H27NO. The fourth-order valence-electron chi connectivity index (χ4n) is 3.22. The Morgan fingerprint density at radius 3 is 2.37 bits per heavy atom. The molecule has 0 amide bonds. The van der Waals surface area contributed by atoms with E-state index in [2.05, 4.69) is 32.9 Å². The van der Waals surface area contributed by atoms with Crippen LogP contribution in [0, 0.1) is 11.3 Å². The summed E-state index contributed by atoms with van der Waals surface area (Å²) < 4.78 is 5.31. The first-order valence-corrected chi connectivity index (χ1v) is 7.28.